The van der Waals surface area contributed by atoms with Crippen LogP contribution in [0.15, 0.2) is 0 Å². The summed E-state index contributed by atoms with van der Waals surface area (Å²) in [5.41, 5.74) is 0. The number of carboxylic acid groups (broad SMARTS) is 4. The molecule has 13 heteroatoms. The molecule has 0 fully saturated rings. The summed E-state index contributed by atoms with van der Waals surface area (Å²) in [5.74, 6) is -7.36. The smallest absolute Gasteiger partial charge is 0.547 e. The maximum Gasteiger partial charge on any atom is 1.00 e. The van der Waals surface area contributed by atoms with Crippen LogP contribution in [0.25, 0.3) is 0 Å². The van der Waals surface area contributed by atoms with Gasteiger partial charge in [0.15, 0.2) is 18.3 Å². The molecule has 0 amide bonds. The number of aliphatic carboxylic acids is 4. The molecule has 21 heavy (non-hydrogen) atoms. The van der Waals surface area contributed by atoms with E-state index in [0.29, 0.717) is 0 Å². The number of hydrogen-bond acceptors (Lipinski definition) is 9. The van der Waals surface area contributed by atoms with Crippen LogP contribution in [0.1, 0.15) is 0 Å². The van der Waals surface area contributed by atoms with Gasteiger partial charge in [0.2, 0.25) is 0 Å². The van der Waals surface area contributed by atoms with Crippen LogP contribution < -0.4 is 34.7 Å². The standard InChI is InChI=1S/2C4H6O6.Na/c2*5-1(3(7)8)2(6)4(9)10;/h2*1-2,5-6H,(H,7,8)(H,9,10);/q;;+1/p-1. The zero-order chi connectivity index (χ0) is 16.6. The number of aliphatic hydroxyl groups excluding tert-OH is 4. The van der Waals surface area contributed by atoms with E-state index >= 15 is 0 Å². The molecule has 0 spiro atoms. The maximum absolute atomic E-state index is 9.77. The van der Waals surface area contributed by atoms with Crippen LogP contribution in [-0.2, 0) is 19.2 Å². The second-order valence-corrected chi connectivity index (χ2v) is 3.11. The third-order valence-corrected chi connectivity index (χ3v) is 1.60. The Morgan fingerprint density at radius 3 is 0.905 bits per heavy atom. The Kier molecular flexibility index (Phi) is 13.4. The second-order valence-electron chi connectivity index (χ2n) is 3.11. The normalized spacial score (nSPS) is 15.0. The molecule has 0 radical (unpaired) electrons. The third kappa shape index (κ3) is 10.1. The molecule has 0 aliphatic rings. The molecule has 7 N–H and O–H groups in total. The van der Waals surface area contributed by atoms with E-state index in [9.17, 15) is 24.3 Å². The summed E-state index contributed by atoms with van der Waals surface area (Å²) in [5, 5.41) is 66.7. The van der Waals surface area contributed by atoms with Crippen molar-refractivity contribution in [2.45, 2.75) is 24.4 Å². The van der Waals surface area contributed by atoms with Crippen molar-refractivity contribution < 1.29 is 89.6 Å². The first kappa shape index (κ1) is 24.7. The number of rotatable bonds is 6. The van der Waals surface area contributed by atoms with Gasteiger partial charge in [-0.05, 0) is 0 Å². The Balaban J connectivity index is -0.000000295. The Hall–Kier alpha value is -1.28. The molecule has 0 aromatic heterocycles. The van der Waals surface area contributed by atoms with E-state index < -0.39 is 48.3 Å². The van der Waals surface area contributed by atoms with Crippen molar-refractivity contribution >= 4 is 23.9 Å². The summed E-state index contributed by atoms with van der Waals surface area (Å²) >= 11 is 0. The van der Waals surface area contributed by atoms with Gasteiger partial charge in [0.05, 0.1) is 5.97 Å². The quantitative estimate of drug-likeness (QED) is 0.226. The first-order chi connectivity index (χ1) is 8.93. The van der Waals surface area contributed by atoms with Crippen LogP contribution >= 0.6 is 0 Å². The monoisotopic (exact) mass is 322 g/mol. The number of hydrogen-bond donors (Lipinski definition) is 7. The SMILES string of the molecule is O=C(O)C(O)C(O)C(=O)O.O=C([O-])C(O)C(O)C(=O)O.[Na+]. The Morgan fingerprint density at radius 1 is 0.619 bits per heavy atom. The fourth-order valence-corrected chi connectivity index (χ4v) is 0.534. The van der Waals surface area contributed by atoms with E-state index in [0.717, 1.165) is 0 Å². The molecule has 0 aliphatic heterocycles. The van der Waals surface area contributed by atoms with E-state index in [1.165, 1.54) is 0 Å². The van der Waals surface area contributed by atoms with Crippen LogP contribution in [0, 0.1) is 0 Å². The van der Waals surface area contributed by atoms with E-state index in [2.05, 4.69) is 0 Å². The van der Waals surface area contributed by atoms with Crippen molar-refractivity contribution in [1.82, 2.24) is 0 Å². The van der Waals surface area contributed by atoms with Crippen molar-refractivity contribution in [3.8, 4) is 0 Å². The van der Waals surface area contributed by atoms with Gasteiger partial charge in [0.1, 0.15) is 6.10 Å². The van der Waals surface area contributed by atoms with Crippen molar-refractivity contribution in [2.24, 2.45) is 0 Å². The van der Waals surface area contributed by atoms with Gasteiger partial charge in [-0.2, -0.15) is 0 Å². The summed E-state index contributed by atoms with van der Waals surface area (Å²) < 4.78 is 0. The minimum Gasteiger partial charge on any atom is -0.547 e. The number of carboxylic acids is 4. The van der Waals surface area contributed by atoms with Crippen LogP contribution in [0.2, 0.25) is 0 Å². The molecule has 0 aromatic carbocycles. The molecular weight excluding hydrogens is 311 g/mol. The fourth-order valence-electron chi connectivity index (χ4n) is 0.534. The predicted octanol–water partition coefficient (Wildman–Crippen LogP) is -8.58. The minimum absolute atomic E-state index is 0. The molecule has 0 saturated heterocycles. The Bertz CT molecular complexity index is 309. The van der Waals surface area contributed by atoms with Gasteiger partial charge in [0, 0.05) is 0 Å². The van der Waals surface area contributed by atoms with Gasteiger partial charge in [-0.1, -0.05) is 0 Å². The van der Waals surface area contributed by atoms with Gasteiger partial charge in [-0.3, -0.25) is 0 Å². The van der Waals surface area contributed by atoms with E-state index in [-0.39, 0.29) is 29.6 Å². The van der Waals surface area contributed by atoms with Gasteiger partial charge in [0.25, 0.3) is 0 Å². The zero-order valence-electron chi connectivity index (χ0n) is 10.5. The predicted molar refractivity (Wildman–Crippen MR) is 51.9 cm³/mol. The fraction of sp³-hybridized carbons (Fsp3) is 0.500. The van der Waals surface area contributed by atoms with Crippen LogP contribution in [0.3, 0.4) is 0 Å². The van der Waals surface area contributed by atoms with Crippen molar-refractivity contribution in [2.75, 3.05) is 0 Å². The Morgan fingerprint density at radius 2 is 0.810 bits per heavy atom. The van der Waals surface area contributed by atoms with E-state index in [4.69, 9.17) is 35.7 Å². The summed E-state index contributed by atoms with van der Waals surface area (Å²) in [7, 11) is 0. The first-order valence-corrected chi connectivity index (χ1v) is 4.55. The molecule has 4 atom stereocenters. The largest absolute Gasteiger partial charge is 1.00 e. The van der Waals surface area contributed by atoms with Gasteiger partial charge in [-0.25, -0.2) is 14.4 Å². The van der Waals surface area contributed by atoms with Crippen LogP contribution in [-0.4, -0.2) is 84.0 Å². The Labute approximate surface area is 138 Å². The number of carbonyl (C=O) groups excluding carboxylic acids is 1. The number of aliphatic hydroxyl groups is 4. The van der Waals surface area contributed by atoms with Gasteiger partial charge < -0.3 is 45.6 Å². The molecule has 0 bridgehead atoms. The van der Waals surface area contributed by atoms with Gasteiger partial charge >= 0.3 is 47.5 Å². The molecule has 4 unspecified atom stereocenters. The van der Waals surface area contributed by atoms with Crippen LogP contribution in [0.5, 0.6) is 0 Å². The molecule has 0 rings (SSSR count). The molecule has 0 aliphatic carbocycles. The maximum atomic E-state index is 9.77. The summed E-state index contributed by atoms with van der Waals surface area (Å²) in [6.45, 7) is 0. The van der Waals surface area contributed by atoms with Crippen molar-refractivity contribution in [3.05, 3.63) is 0 Å². The topological polar surface area (TPSA) is 233 Å². The third-order valence-electron chi connectivity index (χ3n) is 1.60. The molecule has 0 saturated carbocycles. The zero-order valence-corrected chi connectivity index (χ0v) is 12.5. The molecule has 0 heterocycles. The molecule has 12 nitrogen and oxygen atoms in total. The van der Waals surface area contributed by atoms with Gasteiger partial charge in [-0.15, -0.1) is 0 Å². The second kappa shape index (κ2) is 11.4. The van der Waals surface area contributed by atoms with Crippen LogP contribution in [0.4, 0.5) is 0 Å². The molecule has 0 aromatic rings. The summed E-state index contributed by atoms with van der Waals surface area (Å²) in [6.07, 6.45) is -9.24. The minimum atomic E-state index is -2.38. The number of carbonyl (C=O) groups is 4. The van der Waals surface area contributed by atoms with Crippen molar-refractivity contribution in [3.63, 3.8) is 0 Å². The average Bonchev–Trinajstić information content (AvgIpc) is 2.35. The summed E-state index contributed by atoms with van der Waals surface area (Å²) in [6, 6.07) is 0. The van der Waals surface area contributed by atoms with E-state index in [1.807, 2.05) is 0 Å². The van der Waals surface area contributed by atoms with Crippen molar-refractivity contribution in [1.29, 1.82) is 0 Å². The van der Waals surface area contributed by atoms with E-state index in [1.54, 1.807) is 0 Å². The molecular formula is C8H11NaO12. The summed E-state index contributed by atoms with van der Waals surface area (Å²) in [4.78, 5) is 38.9. The average molecular weight is 322 g/mol. The molecule has 116 valence electrons. The first-order valence-electron chi connectivity index (χ1n) is 4.55.